The average Bonchev–Trinajstić information content (AvgIpc) is 2.31. The average molecular weight is 271 g/mol. The van der Waals surface area contributed by atoms with Gasteiger partial charge in [0, 0.05) is 31.6 Å². The van der Waals surface area contributed by atoms with Crippen LogP contribution in [0.2, 0.25) is 0 Å². The van der Waals surface area contributed by atoms with Crippen LogP contribution in [0.15, 0.2) is 0 Å². The van der Waals surface area contributed by atoms with Gasteiger partial charge in [0.25, 0.3) is 0 Å². The second kappa shape index (κ2) is 5.65. The SMILES string of the molecule is CCN1CCN(CCC(C)(C)C(N)=S)C(=O)C1=O. The molecule has 1 saturated heterocycles. The lowest BCUT2D eigenvalue weighted by molar-refractivity contribution is -0.155. The van der Waals surface area contributed by atoms with E-state index in [1.54, 1.807) is 9.80 Å². The summed E-state index contributed by atoms with van der Waals surface area (Å²) in [6.07, 6.45) is 0.674. The summed E-state index contributed by atoms with van der Waals surface area (Å²) >= 11 is 4.99. The van der Waals surface area contributed by atoms with Crippen LogP contribution in [0.1, 0.15) is 27.2 Å². The smallest absolute Gasteiger partial charge is 0.312 e. The first-order valence-corrected chi connectivity index (χ1v) is 6.58. The van der Waals surface area contributed by atoms with Gasteiger partial charge in [0.1, 0.15) is 0 Å². The molecule has 0 saturated carbocycles. The van der Waals surface area contributed by atoms with Crippen molar-refractivity contribution in [1.82, 2.24) is 9.80 Å². The molecule has 1 fully saturated rings. The highest BCUT2D eigenvalue weighted by Crippen LogP contribution is 2.21. The summed E-state index contributed by atoms with van der Waals surface area (Å²) in [5.41, 5.74) is 5.35. The standard InChI is InChI=1S/C12H21N3O2S/c1-4-14-7-8-15(10(17)9(14)16)6-5-12(2,3)11(13)18/h4-8H2,1-3H3,(H2,13,18). The van der Waals surface area contributed by atoms with Crippen molar-refractivity contribution in [1.29, 1.82) is 0 Å². The number of carbonyl (C=O) groups is 2. The molecule has 2 amide bonds. The first-order chi connectivity index (χ1) is 8.29. The topological polar surface area (TPSA) is 66.6 Å². The Morgan fingerprint density at radius 2 is 1.78 bits per heavy atom. The summed E-state index contributed by atoms with van der Waals surface area (Å²) in [6.45, 7) is 8.06. The Labute approximate surface area is 113 Å². The third-order valence-electron chi connectivity index (χ3n) is 3.45. The first kappa shape index (κ1) is 14.9. The van der Waals surface area contributed by atoms with E-state index < -0.39 is 11.8 Å². The van der Waals surface area contributed by atoms with Gasteiger partial charge in [0.05, 0.1) is 4.99 Å². The normalized spacial score (nSPS) is 17.3. The summed E-state index contributed by atoms with van der Waals surface area (Å²) < 4.78 is 0. The van der Waals surface area contributed by atoms with Gasteiger partial charge in [-0.3, -0.25) is 9.59 Å². The maximum Gasteiger partial charge on any atom is 0.312 e. The number of nitrogens with two attached hydrogens (primary N) is 1. The fraction of sp³-hybridized carbons (Fsp3) is 0.750. The van der Waals surface area contributed by atoms with Crippen LogP contribution in [0.5, 0.6) is 0 Å². The van der Waals surface area contributed by atoms with Crippen molar-refractivity contribution in [2.45, 2.75) is 27.2 Å². The molecule has 0 spiro atoms. The molecule has 0 radical (unpaired) electrons. The molecule has 0 atom stereocenters. The minimum atomic E-state index is -0.415. The van der Waals surface area contributed by atoms with Crippen LogP contribution in [0, 0.1) is 5.41 Å². The molecule has 0 aliphatic carbocycles. The molecule has 1 heterocycles. The lowest BCUT2D eigenvalue weighted by Crippen LogP contribution is -2.54. The molecule has 0 aromatic rings. The molecule has 18 heavy (non-hydrogen) atoms. The second-order valence-corrected chi connectivity index (χ2v) is 5.61. The van der Waals surface area contributed by atoms with E-state index >= 15 is 0 Å². The highest BCUT2D eigenvalue weighted by Gasteiger charge is 2.32. The maximum absolute atomic E-state index is 11.9. The molecule has 0 bridgehead atoms. The van der Waals surface area contributed by atoms with Gasteiger partial charge in [-0.05, 0) is 13.3 Å². The van der Waals surface area contributed by atoms with Crippen LogP contribution in [-0.2, 0) is 9.59 Å². The Bertz CT molecular complexity index is 368. The Kier molecular flexibility index (Phi) is 4.67. The fourth-order valence-corrected chi connectivity index (χ4v) is 1.87. The monoisotopic (exact) mass is 271 g/mol. The molecule has 1 rings (SSSR count). The van der Waals surface area contributed by atoms with Gasteiger partial charge >= 0.3 is 11.8 Å². The maximum atomic E-state index is 11.9. The molecular weight excluding hydrogens is 250 g/mol. The van der Waals surface area contributed by atoms with E-state index in [0.29, 0.717) is 37.6 Å². The van der Waals surface area contributed by atoms with Crippen molar-refractivity contribution in [3.05, 3.63) is 0 Å². The number of carbonyl (C=O) groups excluding carboxylic acids is 2. The van der Waals surface area contributed by atoms with Crippen molar-refractivity contribution in [2.24, 2.45) is 11.1 Å². The zero-order valence-corrected chi connectivity index (χ0v) is 12.0. The van der Waals surface area contributed by atoms with Gasteiger partial charge in [-0.25, -0.2) is 0 Å². The van der Waals surface area contributed by atoms with E-state index in [1.807, 2.05) is 20.8 Å². The first-order valence-electron chi connectivity index (χ1n) is 6.17. The molecule has 5 nitrogen and oxygen atoms in total. The number of thiocarbonyl (C=S) groups is 1. The number of hydrogen-bond acceptors (Lipinski definition) is 3. The van der Waals surface area contributed by atoms with Crippen LogP contribution in [0.4, 0.5) is 0 Å². The van der Waals surface area contributed by atoms with E-state index in [0.717, 1.165) is 0 Å². The lowest BCUT2D eigenvalue weighted by Gasteiger charge is -2.35. The van der Waals surface area contributed by atoms with E-state index in [9.17, 15) is 9.59 Å². The van der Waals surface area contributed by atoms with Crippen LogP contribution >= 0.6 is 12.2 Å². The largest absolute Gasteiger partial charge is 0.393 e. The Balaban J connectivity index is 2.58. The van der Waals surface area contributed by atoms with E-state index in [1.165, 1.54) is 0 Å². The number of piperazine rings is 1. The van der Waals surface area contributed by atoms with Crippen molar-refractivity contribution >= 4 is 29.0 Å². The molecule has 2 N–H and O–H groups in total. The molecule has 1 aliphatic rings. The molecule has 1 aliphatic heterocycles. The summed E-state index contributed by atoms with van der Waals surface area (Å²) in [4.78, 5) is 27.2. The van der Waals surface area contributed by atoms with Crippen molar-refractivity contribution in [3.63, 3.8) is 0 Å². The summed E-state index contributed by atoms with van der Waals surface area (Å²) in [5, 5.41) is 0. The van der Waals surface area contributed by atoms with Gasteiger partial charge in [-0.2, -0.15) is 0 Å². The van der Waals surface area contributed by atoms with Crippen molar-refractivity contribution in [2.75, 3.05) is 26.2 Å². The highest BCUT2D eigenvalue weighted by molar-refractivity contribution is 7.80. The molecule has 0 unspecified atom stereocenters. The Hall–Kier alpha value is -1.17. The van der Waals surface area contributed by atoms with Gasteiger partial charge < -0.3 is 15.5 Å². The predicted molar refractivity (Wildman–Crippen MR) is 74.0 cm³/mol. The molecular formula is C12H21N3O2S. The lowest BCUT2D eigenvalue weighted by atomic mass is 9.89. The summed E-state index contributed by atoms with van der Waals surface area (Å²) in [6, 6.07) is 0. The Morgan fingerprint density at radius 3 is 2.28 bits per heavy atom. The van der Waals surface area contributed by atoms with Crippen LogP contribution in [0.3, 0.4) is 0 Å². The number of hydrogen-bond donors (Lipinski definition) is 1. The van der Waals surface area contributed by atoms with Crippen LogP contribution in [-0.4, -0.2) is 52.8 Å². The molecule has 0 aromatic carbocycles. The van der Waals surface area contributed by atoms with Crippen LogP contribution in [0.25, 0.3) is 0 Å². The quantitative estimate of drug-likeness (QED) is 0.580. The number of amides is 2. The highest BCUT2D eigenvalue weighted by atomic mass is 32.1. The predicted octanol–water partition coefficient (Wildman–Crippen LogP) is 0.380. The molecule has 0 aromatic heterocycles. The van der Waals surface area contributed by atoms with Gasteiger partial charge in [0.2, 0.25) is 0 Å². The van der Waals surface area contributed by atoms with Gasteiger partial charge in [-0.1, -0.05) is 26.1 Å². The fourth-order valence-electron chi connectivity index (χ4n) is 1.77. The molecule has 102 valence electrons. The third-order valence-corrected chi connectivity index (χ3v) is 4.01. The summed E-state index contributed by atoms with van der Waals surface area (Å²) in [5.74, 6) is -0.821. The molecule has 6 heteroatoms. The van der Waals surface area contributed by atoms with E-state index in [2.05, 4.69) is 0 Å². The summed E-state index contributed by atoms with van der Waals surface area (Å²) in [7, 11) is 0. The van der Waals surface area contributed by atoms with Crippen molar-refractivity contribution < 1.29 is 9.59 Å². The zero-order valence-electron chi connectivity index (χ0n) is 11.2. The number of nitrogens with zero attached hydrogens (tertiary/aromatic N) is 2. The van der Waals surface area contributed by atoms with E-state index in [4.69, 9.17) is 18.0 Å². The van der Waals surface area contributed by atoms with Gasteiger partial charge in [0.15, 0.2) is 0 Å². The second-order valence-electron chi connectivity index (χ2n) is 5.18. The third kappa shape index (κ3) is 3.19. The number of rotatable bonds is 5. The minimum absolute atomic E-state index is 0.291. The van der Waals surface area contributed by atoms with E-state index in [-0.39, 0.29) is 5.41 Å². The van der Waals surface area contributed by atoms with Gasteiger partial charge in [-0.15, -0.1) is 0 Å². The van der Waals surface area contributed by atoms with Crippen molar-refractivity contribution in [3.8, 4) is 0 Å². The van der Waals surface area contributed by atoms with Crippen LogP contribution < -0.4 is 5.73 Å². The minimum Gasteiger partial charge on any atom is -0.393 e. The zero-order chi connectivity index (χ0) is 13.9. The number of likely N-dealkylation sites (N-methyl/N-ethyl adjacent to an activating group) is 1. The Morgan fingerprint density at radius 1 is 1.28 bits per heavy atom.